The molecule has 1 fully saturated rings. The van der Waals surface area contributed by atoms with Crippen LogP contribution in [0.4, 0.5) is 0 Å². The molecule has 3 rings (SSSR count). The van der Waals surface area contributed by atoms with E-state index in [0.717, 1.165) is 16.2 Å². The lowest BCUT2D eigenvalue weighted by Gasteiger charge is -2.32. The first kappa shape index (κ1) is 14.4. The topological polar surface area (TPSA) is 40.6 Å². The highest BCUT2D eigenvalue weighted by Gasteiger charge is 2.52. The smallest absolute Gasteiger partial charge is 0.481 e. The summed E-state index contributed by atoms with van der Waals surface area (Å²) in [6, 6.07) is 7.98. The normalized spacial score (nSPS) is 20.0. The number of fused-ring (bicyclic) bond motifs is 1. The number of nitrogens with zero attached hydrogens (tertiary/aromatic N) is 1. The van der Waals surface area contributed by atoms with E-state index in [1.165, 1.54) is 0 Å². The van der Waals surface area contributed by atoms with E-state index in [1.807, 2.05) is 24.3 Å². The van der Waals surface area contributed by atoms with Gasteiger partial charge < -0.3 is 14.0 Å². The number of rotatable bonds is 2. The first-order chi connectivity index (χ1) is 9.86. The highest BCUT2D eigenvalue weighted by Crippen LogP contribution is 2.37. The molecule has 1 saturated heterocycles. The van der Waals surface area contributed by atoms with E-state index in [-0.39, 0.29) is 18.3 Å². The third kappa shape index (κ3) is 2.21. The molecule has 0 aliphatic carbocycles. The number of benzene rings is 1. The van der Waals surface area contributed by atoms with Crippen molar-refractivity contribution >= 4 is 23.4 Å². The Morgan fingerprint density at radius 3 is 2.29 bits per heavy atom. The van der Waals surface area contributed by atoms with Crippen LogP contribution >= 0.6 is 0 Å². The van der Waals surface area contributed by atoms with Gasteiger partial charge in [0.25, 0.3) is 0 Å². The van der Waals surface area contributed by atoms with Crippen molar-refractivity contribution in [2.75, 3.05) is 7.11 Å². The lowest BCUT2D eigenvalue weighted by atomic mass is 9.76. The van der Waals surface area contributed by atoms with Gasteiger partial charge in [-0.3, -0.25) is 0 Å². The Bertz CT molecular complexity index is 668. The average Bonchev–Trinajstić information content (AvgIpc) is 2.66. The first-order valence-electron chi connectivity index (χ1n) is 7.13. The van der Waals surface area contributed by atoms with E-state index in [4.69, 9.17) is 14.0 Å². The van der Waals surface area contributed by atoms with Crippen molar-refractivity contribution in [1.82, 2.24) is 4.98 Å². The monoisotopic (exact) mass is 285 g/mol. The molecule has 0 saturated carbocycles. The maximum atomic E-state index is 6.15. The van der Waals surface area contributed by atoms with Gasteiger partial charge in [0, 0.05) is 11.6 Å². The summed E-state index contributed by atoms with van der Waals surface area (Å²) in [6.45, 7) is 8.22. The van der Waals surface area contributed by atoms with Crippen molar-refractivity contribution in [2.45, 2.75) is 38.9 Å². The van der Waals surface area contributed by atoms with Crippen LogP contribution in [0.5, 0.6) is 5.88 Å². The summed E-state index contributed by atoms with van der Waals surface area (Å²) in [4.78, 5) is 4.25. The maximum Gasteiger partial charge on any atom is 0.495 e. The summed E-state index contributed by atoms with van der Waals surface area (Å²) in [5.74, 6) is 0.617. The maximum absolute atomic E-state index is 6.15. The zero-order chi connectivity index (χ0) is 15.3. The predicted octanol–water partition coefficient (Wildman–Crippen LogP) is 2.54. The second-order valence-corrected chi connectivity index (χ2v) is 6.35. The van der Waals surface area contributed by atoms with Gasteiger partial charge in [0.2, 0.25) is 5.88 Å². The van der Waals surface area contributed by atoms with Crippen LogP contribution in [0.2, 0.25) is 0 Å². The Morgan fingerprint density at radius 2 is 1.67 bits per heavy atom. The first-order valence-corrected chi connectivity index (χ1v) is 7.13. The van der Waals surface area contributed by atoms with Crippen LogP contribution in [0.15, 0.2) is 30.5 Å². The van der Waals surface area contributed by atoms with Crippen LogP contribution < -0.4 is 10.2 Å². The molecule has 0 radical (unpaired) electrons. The van der Waals surface area contributed by atoms with Crippen LogP contribution in [0, 0.1) is 0 Å². The molecule has 1 aromatic carbocycles. The molecule has 1 aliphatic rings. The largest absolute Gasteiger partial charge is 0.495 e. The van der Waals surface area contributed by atoms with Gasteiger partial charge in [0.05, 0.1) is 18.3 Å². The fourth-order valence-corrected chi connectivity index (χ4v) is 2.54. The van der Waals surface area contributed by atoms with E-state index < -0.39 is 0 Å². The van der Waals surface area contributed by atoms with Gasteiger partial charge in [-0.1, -0.05) is 12.1 Å². The van der Waals surface area contributed by atoms with Crippen molar-refractivity contribution in [2.24, 2.45) is 0 Å². The minimum Gasteiger partial charge on any atom is -0.481 e. The number of methoxy groups -OCH3 is 1. The van der Waals surface area contributed by atoms with Crippen LogP contribution in [0.25, 0.3) is 10.8 Å². The lowest BCUT2D eigenvalue weighted by molar-refractivity contribution is 0.00578. The molecule has 21 heavy (non-hydrogen) atoms. The molecule has 0 atom stereocenters. The summed E-state index contributed by atoms with van der Waals surface area (Å²) in [7, 11) is 1.24. The molecule has 5 heteroatoms. The van der Waals surface area contributed by atoms with E-state index in [1.54, 1.807) is 13.3 Å². The van der Waals surface area contributed by atoms with Crippen molar-refractivity contribution in [3.05, 3.63) is 30.5 Å². The minimum atomic E-state index is -0.384. The molecule has 0 amide bonds. The minimum absolute atomic E-state index is 0.350. The average molecular weight is 285 g/mol. The molecule has 0 unspecified atom stereocenters. The lowest BCUT2D eigenvalue weighted by Crippen LogP contribution is -2.41. The second-order valence-electron chi connectivity index (χ2n) is 6.35. The number of pyridine rings is 1. The van der Waals surface area contributed by atoms with Crippen LogP contribution in [0.1, 0.15) is 27.7 Å². The summed E-state index contributed by atoms with van der Waals surface area (Å²) >= 11 is 0. The van der Waals surface area contributed by atoms with Gasteiger partial charge in [-0.05, 0) is 50.7 Å². The second kappa shape index (κ2) is 4.72. The SMILES string of the molecule is COc1nccc2c(B3OC(C)(C)C(C)(C)O3)cccc12. The predicted molar refractivity (Wildman–Crippen MR) is 84.0 cm³/mol. The van der Waals surface area contributed by atoms with E-state index >= 15 is 0 Å². The van der Waals surface area contributed by atoms with Gasteiger partial charge in [-0.25, -0.2) is 4.98 Å². The Labute approximate surface area is 125 Å². The highest BCUT2D eigenvalue weighted by molar-refractivity contribution is 6.65. The molecule has 1 aromatic heterocycles. The Hall–Kier alpha value is -1.59. The summed E-state index contributed by atoms with van der Waals surface area (Å²) < 4.78 is 17.6. The zero-order valence-corrected chi connectivity index (χ0v) is 13.1. The molecule has 2 heterocycles. The van der Waals surface area contributed by atoms with Gasteiger partial charge in [-0.2, -0.15) is 0 Å². The molecule has 1 aliphatic heterocycles. The fourth-order valence-electron chi connectivity index (χ4n) is 2.54. The summed E-state index contributed by atoms with van der Waals surface area (Å²) in [6.07, 6.45) is 1.75. The van der Waals surface area contributed by atoms with E-state index in [9.17, 15) is 0 Å². The van der Waals surface area contributed by atoms with Crippen LogP contribution in [-0.2, 0) is 9.31 Å². The van der Waals surface area contributed by atoms with Crippen molar-refractivity contribution in [3.8, 4) is 5.88 Å². The van der Waals surface area contributed by atoms with Crippen molar-refractivity contribution in [1.29, 1.82) is 0 Å². The molecule has 4 nitrogen and oxygen atoms in total. The van der Waals surface area contributed by atoms with Crippen molar-refractivity contribution < 1.29 is 14.0 Å². The Morgan fingerprint density at radius 1 is 1.00 bits per heavy atom. The van der Waals surface area contributed by atoms with E-state index in [2.05, 4.69) is 32.7 Å². The molecular formula is C16H20BNO3. The quantitative estimate of drug-likeness (QED) is 0.795. The Kier molecular flexibility index (Phi) is 3.22. The summed E-state index contributed by atoms with van der Waals surface area (Å²) in [5, 5.41) is 2.01. The van der Waals surface area contributed by atoms with Gasteiger partial charge in [0.1, 0.15) is 0 Å². The zero-order valence-electron chi connectivity index (χ0n) is 13.1. The van der Waals surface area contributed by atoms with Crippen LogP contribution in [0.3, 0.4) is 0 Å². The van der Waals surface area contributed by atoms with Crippen LogP contribution in [-0.4, -0.2) is 30.4 Å². The van der Waals surface area contributed by atoms with Gasteiger partial charge in [-0.15, -0.1) is 0 Å². The summed E-state index contributed by atoms with van der Waals surface area (Å²) in [5.41, 5.74) is 0.306. The molecule has 110 valence electrons. The van der Waals surface area contributed by atoms with Gasteiger partial charge >= 0.3 is 7.12 Å². The molecule has 0 bridgehead atoms. The number of hydrogen-bond acceptors (Lipinski definition) is 4. The third-order valence-corrected chi connectivity index (χ3v) is 4.50. The Balaban J connectivity index is 2.11. The number of aromatic nitrogens is 1. The molecule has 0 spiro atoms. The fraction of sp³-hybridized carbons (Fsp3) is 0.438. The van der Waals surface area contributed by atoms with Crippen molar-refractivity contribution in [3.63, 3.8) is 0 Å². The third-order valence-electron chi connectivity index (χ3n) is 4.50. The molecular weight excluding hydrogens is 265 g/mol. The number of ether oxygens (including phenoxy) is 1. The molecule has 0 N–H and O–H groups in total. The highest BCUT2D eigenvalue weighted by atomic mass is 16.7. The van der Waals surface area contributed by atoms with E-state index in [0.29, 0.717) is 5.88 Å². The number of hydrogen-bond donors (Lipinski definition) is 0. The molecule has 2 aromatic rings. The van der Waals surface area contributed by atoms with Gasteiger partial charge in [0.15, 0.2) is 0 Å². The standard InChI is InChI=1S/C16H20BNO3/c1-15(2)16(3,4)21-17(20-15)13-8-6-7-12-11(13)9-10-18-14(12)19-5/h6-10H,1-5H3.